The molecule has 1 aromatic rings. The molecule has 1 amide bonds. The second-order valence-electron chi connectivity index (χ2n) is 7.71. The minimum Gasteiger partial charge on any atom is -0.291 e. The summed E-state index contributed by atoms with van der Waals surface area (Å²) in [6.45, 7) is 2.78. The third kappa shape index (κ3) is 3.75. The molecule has 1 heterocycles. The molecule has 2 bridgehead atoms. The van der Waals surface area contributed by atoms with E-state index in [4.69, 9.17) is 16.6 Å². The van der Waals surface area contributed by atoms with E-state index in [1.807, 2.05) is 30.0 Å². The SMILES string of the molecule is Cc1ccc(N=C2SCCCN2C(=O)CC2CC3CCC2C3)cc1Cl. The fourth-order valence-corrected chi connectivity index (χ4v) is 5.76. The number of benzene rings is 1. The van der Waals surface area contributed by atoms with Gasteiger partial charge in [-0.1, -0.05) is 35.9 Å². The molecule has 3 fully saturated rings. The zero-order chi connectivity index (χ0) is 17.4. The van der Waals surface area contributed by atoms with Crippen LogP contribution >= 0.6 is 23.4 Å². The van der Waals surface area contributed by atoms with Gasteiger partial charge < -0.3 is 0 Å². The smallest absolute Gasteiger partial charge is 0.228 e. The number of amides is 1. The van der Waals surface area contributed by atoms with Gasteiger partial charge in [-0.2, -0.15) is 0 Å². The molecule has 0 spiro atoms. The fourth-order valence-electron chi connectivity index (χ4n) is 4.61. The van der Waals surface area contributed by atoms with Crippen LogP contribution in [-0.4, -0.2) is 28.3 Å². The van der Waals surface area contributed by atoms with Gasteiger partial charge in [0.1, 0.15) is 0 Å². The molecule has 5 heteroatoms. The van der Waals surface area contributed by atoms with Gasteiger partial charge in [0.25, 0.3) is 0 Å². The molecule has 134 valence electrons. The Balaban J connectivity index is 1.49. The number of amidine groups is 1. The number of aryl methyl sites for hydroxylation is 1. The largest absolute Gasteiger partial charge is 0.291 e. The lowest BCUT2D eigenvalue weighted by Crippen LogP contribution is -2.40. The second-order valence-corrected chi connectivity index (χ2v) is 9.18. The third-order valence-electron chi connectivity index (χ3n) is 5.99. The lowest BCUT2D eigenvalue weighted by Gasteiger charge is -2.30. The van der Waals surface area contributed by atoms with E-state index in [2.05, 4.69) is 0 Å². The molecule has 2 aliphatic carbocycles. The van der Waals surface area contributed by atoms with Crippen molar-refractivity contribution >= 4 is 40.1 Å². The van der Waals surface area contributed by atoms with Crippen LogP contribution in [-0.2, 0) is 4.79 Å². The molecule has 25 heavy (non-hydrogen) atoms. The van der Waals surface area contributed by atoms with Crippen LogP contribution in [0.2, 0.25) is 5.02 Å². The highest BCUT2D eigenvalue weighted by Crippen LogP contribution is 2.49. The number of thioether (sulfide) groups is 1. The maximum Gasteiger partial charge on any atom is 0.228 e. The number of carbonyl (C=O) groups is 1. The minimum absolute atomic E-state index is 0.265. The summed E-state index contributed by atoms with van der Waals surface area (Å²) >= 11 is 7.91. The van der Waals surface area contributed by atoms with E-state index in [0.717, 1.165) is 52.0 Å². The molecule has 0 N–H and O–H groups in total. The normalized spacial score (nSPS) is 30.2. The van der Waals surface area contributed by atoms with Crippen molar-refractivity contribution in [2.75, 3.05) is 12.3 Å². The molecule has 1 aromatic carbocycles. The molecular weight excluding hydrogens is 352 g/mol. The van der Waals surface area contributed by atoms with Crippen LogP contribution in [0.1, 0.15) is 44.1 Å². The van der Waals surface area contributed by atoms with Gasteiger partial charge >= 0.3 is 0 Å². The monoisotopic (exact) mass is 376 g/mol. The van der Waals surface area contributed by atoms with Crippen LogP contribution in [0.4, 0.5) is 5.69 Å². The van der Waals surface area contributed by atoms with Gasteiger partial charge in [-0.15, -0.1) is 0 Å². The molecule has 4 rings (SSSR count). The topological polar surface area (TPSA) is 32.7 Å². The van der Waals surface area contributed by atoms with Crippen LogP contribution in [0.5, 0.6) is 0 Å². The lowest BCUT2D eigenvalue weighted by molar-refractivity contribution is -0.128. The van der Waals surface area contributed by atoms with Gasteiger partial charge in [0.05, 0.1) is 5.69 Å². The van der Waals surface area contributed by atoms with Gasteiger partial charge in [0.15, 0.2) is 5.17 Å². The van der Waals surface area contributed by atoms with E-state index < -0.39 is 0 Å². The van der Waals surface area contributed by atoms with E-state index in [9.17, 15) is 4.79 Å². The Morgan fingerprint density at radius 1 is 1.36 bits per heavy atom. The van der Waals surface area contributed by atoms with E-state index in [1.165, 1.54) is 25.7 Å². The lowest BCUT2D eigenvalue weighted by atomic mass is 9.86. The molecule has 3 nitrogen and oxygen atoms in total. The molecule has 1 saturated heterocycles. The highest BCUT2D eigenvalue weighted by atomic mass is 35.5. The predicted molar refractivity (Wildman–Crippen MR) is 106 cm³/mol. The maximum atomic E-state index is 13.0. The average Bonchev–Trinajstić information content (AvgIpc) is 3.21. The fraction of sp³-hybridized carbons (Fsp3) is 0.600. The van der Waals surface area contributed by atoms with Crippen LogP contribution in [0.15, 0.2) is 23.2 Å². The summed E-state index contributed by atoms with van der Waals surface area (Å²) in [5.41, 5.74) is 1.88. The standard InChI is InChI=1S/C20H25ClN2OS/c1-13-3-6-17(12-18(13)21)22-20-23(7-2-8-25-20)19(24)11-16-10-14-4-5-15(16)9-14/h3,6,12,14-16H,2,4-5,7-11H2,1H3. The minimum atomic E-state index is 0.265. The predicted octanol–water partition coefficient (Wildman–Crippen LogP) is 5.43. The number of hydrogen-bond donors (Lipinski definition) is 0. The Morgan fingerprint density at radius 2 is 2.24 bits per heavy atom. The first-order chi connectivity index (χ1) is 12.1. The molecule has 3 atom stereocenters. The van der Waals surface area contributed by atoms with Gasteiger partial charge in [0, 0.05) is 23.7 Å². The number of fused-ring (bicyclic) bond motifs is 2. The van der Waals surface area contributed by atoms with Crippen molar-refractivity contribution in [3.05, 3.63) is 28.8 Å². The van der Waals surface area contributed by atoms with Crippen molar-refractivity contribution in [3.8, 4) is 0 Å². The van der Waals surface area contributed by atoms with Crippen molar-refractivity contribution in [2.24, 2.45) is 22.7 Å². The first-order valence-electron chi connectivity index (χ1n) is 9.38. The highest BCUT2D eigenvalue weighted by molar-refractivity contribution is 8.13. The van der Waals surface area contributed by atoms with Gasteiger partial charge in [-0.25, -0.2) is 4.99 Å². The first-order valence-corrected chi connectivity index (χ1v) is 10.7. The van der Waals surface area contributed by atoms with Crippen molar-refractivity contribution in [1.82, 2.24) is 4.90 Å². The summed E-state index contributed by atoms with van der Waals surface area (Å²) in [7, 11) is 0. The number of hydrogen-bond acceptors (Lipinski definition) is 3. The highest BCUT2D eigenvalue weighted by Gasteiger charge is 2.41. The molecule has 0 radical (unpaired) electrons. The van der Waals surface area contributed by atoms with Crippen molar-refractivity contribution in [1.29, 1.82) is 0 Å². The summed E-state index contributed by atoms with van der Waals surface area (Å²) in [6.07, 6.45) is 7.08. The molecule has 2 saturated carbocycles. The Labute approximate surface area is 159 Å². The van der Waals surface area contributed by atoms with Crippen molar-refractivity contribution < 1.29 is 4.79 Å². The van der Waals surface area contributed by atoms with Crippen LogP contribution in [0.3, 0.4) is 0 Å². The van der Waals surface area contributed by atoms with Crippen LogP contribution < -0.4 is 0 Å². The van der Waals surface area contributed by atoms with Crippen LogP contribution in [0.25, 0.3) is 0 Å². The molecule has 3 unspecified atom stereocenters. The average molecular weight is 377 g/mol. The molecular formula is C20H25ClN2OS. The van der Waals surface area contributed by atoms with E-state index in [-0.39, 0.29) is 5.91 Å². The number of aliphatic imine (C=N–C) groups is 1. The summed E-state index contributed by atoms with van der Waals surface area (Å²) < 4.78 is 0. The molecule has 1 aliphatic heterocycles. The summed E-state index contributed by atoms with van der Waals surface area (Å²) in [5, 5.41) is 1.57. The summed E-state index contributed by atoms with van der Waals surface area (Å²) in [5.74, 6) is 3.58. The van der Waals surface area contributed by atoms with Gasteiger partial charge in [-0.3, -0.25) is 9.69 Å². The number of halogens is 1. The zero-order valence-corrected chi connectivity index (χ0v) is 16.3. The quantitative estimate of drug-likeness (QED) is 0.704. The van der Waals surface area contributed by atoms with Gasteiger partial charge in [0.2, 0.25) is 5.91 Å². The number of nitrogens with zero attached hydrogens (tertiary/aromatic N) is 2. The number of carbonyl (C=O) groups excluding carboxylic acids is 1. The van der Waals surface area contributed by atoms with Gasteiger partial charge in [-0.05, 0) is 68.1 Å². The molecule has 0 aromatic heterocycles. The van der Waals surface area contributed by atoms with E-state index in [1.54, 1.807) is 11.8 Å². The first kappa shape index (κ1) is 17.4. The Morgan fingerprint density at radius 3 is 2.96 bits per heavy atom. The summed E-state index contributed by atoms with van der Waals surface area (Å²) in [6, 6.07) is 5.84. The Bertz CT molecular complexity index is 705. The Hall–Kier alpha value is -1.00. The summed E-state index contributed by atoms with van der Waals surface area (Å²) in [4.78, 5) is 19.6. The van der Waals surface area contributed by atoms with Crippen LogP contribution in [0, 0.1) is 24.7 Å². The molecule has 3 aliphatic rings. The van der Waals surface area contributed by atoms with E-state index in [0.29, 0.717) is 12.3 Å². The maximum absolute atomic E-state index is 13.0. The van der Waals surface area contributed by atoms with E-state index >= 15 is 0 Å². The second kappa shape index (κ2) is 7.32. The van der Waals surface area contributed by atoms with Crippen molar-refractivity contribution in [2.45, 2.75) is 45.4 Å². The van der Waals surface area contributed by atoms with Crippen molar-refractivity contribution in [3.63, 3.8) is 0 Å². The third-order valence-corrected chi connectivity index (χ3v) is 7.46. The zero-order valence-electron chi connectivity index (χ0n) is 14.7. The number of rotatable bonds is 3. The Kier molecular flexibility index (Phi) is 5.10.